The number of hydrogen-bond donors (Lipinski definition) is 1. The number of benzene rings is 1. The SMILES string of the molecule is Cc1cccc2nc(CNc3ccc(C#N)cc3)cc(=O)n12. The highest BCUT2D eigenvalue weighted by Gasteiger charge is 2.04. The Morgan fingerprint density at radius 1 is 1.23 bits per heavy atom. The molecule has 22 heavy (non-hydrogen) atoms. The van der Waals surface area contributed by atoms with Crippen molar-refractivity contribution in [2.24, 2.45) is 0 Å². The minimum atomic E-state index is -0.0836. The quantitative estimate of drug-likeness (QED) is 0.804. The van der Waals surface area contributed by atoms with Gasteiger partial charge in [0.2, 0.25) is 0 Å². The van der Waals surface area contributed by atoms with Gasteiger partial charge in [0, 0.05) is 17.4 Å². The predicted octanol–water partition coefficient (Wildman–Crippen LogP) is 2.49. The van der Waals surface area contributed by atoms with Crippen molar-refractivity contribution in [1.29, 1.82) is 5.26 Å². The lowest BCUT2D eigenvalue weighted by Crippen LogP contribution is -2.18. The van der Waals surface area contributed by atoms with Gasteiger partial charge in [-0.1, -0.05) is 6.07 Å². The number of hydrogen-bond acceptors (Lipinski definition) is 4. The predicted molar refractivity (Wildman–Crippen MR) is 84.7 cm³/mol. The zero-order valence-corrected chi connectivity index (χ0v) is 12.1. The molecule has 1 N–H and O–H groups in total. The molecule has 0 amide bonds. The van der Waals surface area contributed by atoms with Gasteiger partial charge in [-0.25, -0.2) is 4.98 Å². The molecule has 2 aromatic heterocycles. The van der Waals surface area contributed by atoms with Gasteiger partial charge in [-0.05, 0) is 43.3 Å². The molecule has 3 aromatic rings. The van der Waals surface area contributed by atoms with Gasteiger partial charge in [0.1, 0.15) is 5.65 Å². The van der Waals surface area contributed by atoms with Crippen molar-refractivity contribution in [2.75, 3.05) is 5.32 Å². The second-order valence-electron chi connectivity index (χ2n) is 4.99. The topological polar surface area (TPSA) is 70.2 Å². The number of nitriles is 1. The van der Waals surface area contributed by atoms with Gasteiger partial charge < -0.3 is 5.32 Å². The van der Waals surface area contributed by atoms with Gasteiger partial charge in [0.05, 0.1) is 23.9 Å². The Morgan fingerprint density at radius 2 is 2.00 bits per heavy atom. The fourth-order valence-electron chi connectivity index (χ4n) is 2.31. The highest BCUT2D eigenvalue weighted by Crippen LogP contribution is 2.10. The minimum Gasteiger partial charge on any atom is -0.379 e. The monoisotopic (exact) mass is 290 g/mol. The maximum Gasteiger partial charge on any atom is 0.258 e. The molecular formula is C17H14N4O. The van der Waals surface area contributed by atoms with E-state index in [4.69, 9.17) is 5.26 Å². The first-order chi connectivity index (χ1) is 10.7. The Labute approximate surface area is 127 Å². The third-order valence-corrected chi connectivity index (χ3v) is 3.42. The van der Waals surface area contributed by atoms with Crippen LogP contribution in [0.4, 0.5) is 5.69 Å². The van der Waals surface area contributed by atoms with Crippen molar-refractivity contribution in [3.63, 3.8) is 0 Å². The minimum absolute atomic E-state index is 0.0836. The van der Waals surface area contributed by atoms with Crippen LogP contribution in [0.3, 0.4) is 0 Å². The van der Waals surface area contributed by atoms with E-state index >= 15 is 0 Å². The summed E-state index contributed by atoms with van der Waals surface area (Å²) in [5.74, 6) is 0. The average molecular weight is 290 g/mol. The number of pyridine rings is 1. The first-order valence-electron chi connectivity index (χ1n) is 6.90. The molecule has 5 nitrogen and oxygen atoms in total. The van der Waals surface area contributed by atoms with E-state index in [0.29, 0.717) is 23.4 Å². The van der Waals surface area contributed by atoms with Crippen LogP contribution in [0.25, 0.3) is 5.65 Å². The maximum atomic E-state index is 12.2. The molecule has 0 aliphatic rings. The van der Waals surface area contributed by atoms with Crippen LogP contribution in [-0.2, 0) is 6.54 Å². The molecule has 0 aliphatic carbocycles. The Kier molecular flexibility index (Phi) is 3.58. The summed E-state index contributed by atoms with van der Waals surface area (Å²) in [5.41, 5.74) is 3.60. The molecule has 3 rings (SSSR count). The fourth-order valence-corrected chi connectivity index (χ4v) is 2.31. The highest BCUT2D eigenvalue weighted by atomic mass is 16.1. The summed E-state index contributed by atoms with van der Waals surface area (Å²) >= 11 is 0. The van der Waals surface area contributed by atoms with Crippen LogP contribution >= 0.6 is 0 Å². The van der Waals surface area contributed by atoms with E-state index in [1.54, 1.807) is 16.5 Å². The second kappa shape index (κ2) is 5.70. The molecule has 1 aromatic carbocycles. The molecule has 0 unspecified atom stereocenters. The summed E-state index contributed by atoms with van der Waals surface area (Å²) in [6.45, 7) is 2.33. The van der Waals surface area contributed by atoms with Crippen molar-refractivity contribution in [3.8, 4) is 6.07 Å². The Hall–Kier alpha value is -3.13. The molecule has 0 radical (unpaired) electrons. The van der Waals surface area contributed by atoms with Crippen molar-refractivity contribution in [1.82, 2.24) is 9.38 Å². The Bertz CT molecular complexity index is 920. The summed E-state index contributed by atoms with van der Waals surface area (Å²) in [4.78, 5) is 16.7. The van der Waals surface area contributed by atoms with Crippen molar-refractivity contribution >= 4 is 11.3 Å². The van der Waals surface area contributed by atoms with Gasteiger partial charge in [-0.15, -0.1) is 0 Å². The summed E-state index contributed by atoms with van der Waals surface area (Å²) in [5, 5.41) is 12.0. The van der Waals surface area contributed by atoms with Crippen LogP contribution in [0.5, 0.6) is 0 Å². The lowest BCUT2D eigenvalue weighted by Gasteiger charge is -2.08. The number of fused-ring (bicyclic) bond motifs is 1. The summed E-state index contributed by atoms with van der Waals surface area (Å²) in [6.07, 6.45) is 0. The fraction of sp³-hybridized carbons (Fsp3) is 0.118. The zero-order valence-electron chi connectivity index (χ0n) is 12.1. The van der Waals surface area contributed by atoms with Crippen LogP contribution in [-0.4, -0.2) is 9.38 Å². The first kappa shape index (κ1) is 13.8. The van der Waals surface area contributed by atoms with Gasteiger partial charge in [0.25, 0.3) is 5.56 Å². The first-order valence-corrected chi connectivity index (χ1v) is 6.90. The smallest absolute Gasteiger partial charge is 0.258 e. The molecule has 0 atom stereocenters. The van der Waals surface area contributed by atoms with Crippen LogP contribution in [0, 0.1) is 18.3 Å². The van der Waals surface area contributed by atoms with E-state index in [1.165, 1.54) is 6.07 Å². The van der Waals surface area contributed by atoms with Crippen LogP contribution in [0.15, 0.2) is 53.3 Å². The number of anilines is 1. The van der Waals surface area contributed by atoms with Crippen LogP contribution in [0.2, 0.25) is 0 Å². The van der Waals surface area contributed by atoms with Crippen molar-refractivity contribution in [2.45, 2.75) is 13.5 Å². The number of rotatable bonds is 3. The molecule has 0 aliphatic heterocycles. The van der Waals surface area contributed by atoms with E-state index < -0.39 is 0 Å². The molecule has 5 heteroatoms. The van der Waals surface area contributed by atoms with E-state index in [2.05, 4.69) is 16.4 Å². The molecule has 0 saturated carbocycles. The third-order valence-electron chi connectivity index (χ3n) is 3.42. The van der Waals surface area contributed by atoms with E-state index in [-0.39, 0.29) is 5.56 Å². The lowest BCUT2D eigenvalue weighted by atomic mass is 10.2. The van der Waals surface area contributed by atoms with E-state index in [0.717, 1.165) is 11.4 Å². The number of nitrogens with one attached hydrogen (secondary N) is 1. The van der Waals surface area contributed by atoms with E-state index in [1.807, 2.05) is 37.3 Å². The molecule has 2 heterocycles. The zero-order chi connectivity index (χ0) is 15.5. The summed E-state index contributed by atoms with van der Waals surface area (Å²) < 4.78 is 1.59. The third kappa shape index (κ3) is 2.67. The Morgan fingerprint density at radius 3 is 2.73 bits per heavy atom. The highest BCUT2D eigenvalue weighted by molar-refractivity contribution is 5.48. The van der Waals surface area contributed by atoms with Crippen LogP contribution in [0.1, 0.15) is 17.0 Å². The average Bonchev–Trinajstić information content (AvgIpc) is 2.53. The molecule has 0 spiro atoms. The summed E-state index contributed by atoms with van der Waals surface area (Å²) in [6, 6.07) is 16.3. The van der Waals surface area contributed by atoms with Crippen molar-refractivity contribution in [3.05, 3.63) is 75.8 Å². The normalized spacial score (nSPS) is 10.4. The van der Waals surface area contributed by atoms with Gasteiger partial charge >= 0.3 is 0 Å². The van der Waals surface area contributed by atoms with Gasteiger partial charge in [-0.3, -0.25) is 9.20 Å². The van der Waals surface area contributed by atoms with Gasteiger partial charge in [0.15, 0.2) is 0 Å². The van der Waals surface area contributed by atoms with Crippen molar-refractivity contribution < 1.29 is 0 Å². The molecule has 0 bridgehead atoms. The number of aryl methyl sites for hydroxylation is 1. The molecule has 0 fully saturated rings. The largest absolute Gasteiger partial charge is 0.379 e. The number of nitrogens with zero attached hydrogens (tertiary/aromatic N) is 3. The van der Waals surface area contributed by atoms with Gasteiger partial charge in [-0.2, -0.15) is 5.26 Å². The van der Waals surface area contributed by atoms with Crippen LogP contribution < -0.4 is 10.9 Å². The maximum absolute atomic E-state index is 12.2. The number of aromatic nitrogens is 2. The van der Waals surface area contributed by atoms with E-state index in [9.17, 15) is 4.79 Å². The molecule has 108 valence electrons. The summed E-state index contributed by atoms with van der Waals surface area (Å²) in [7, 11) is 0. The standard InChI is InChI=1S/C17H14N4O/c1-12-3-2-4-16-20-15(9-17(22)21(12)16)11-19-14-7-5-13(10-18)6-8-14/h2-9,19H,11H2,1H3. The second-order valence-corrected chi connectivity index (χ2v) is 4.99. The molecular weight excluding hydrogens is 276 g/mol. The molecule has 0 saturated heterocycles. The Balaban J connectivity index is 1.85. The lowest BCUT2D eigenvalue weighted by molar-refractivity contribution is 0.943.